The van der Waals surface area contributed by atoms with Crippen LogP contribution in [0.2, 0.25) is 5.02 Å². The molecule has 1 amide bonds. The second kappa shape index (κ2) is 7.40. The quantitative estimate of drug-likeness (QED) is 0.745. The van der Waals surface area contributed by atoms with Gasteiger partial charge in [0.15, 0.2) is 11.5 Å². The van der Waals surface area contributed by atoms with Crippen LogP contribution in [0.15, 0.2) is 24.8 Å². The number of methoxy groups -OCH3 is 2. The summed E-state index contributed by atoms with van der Waals surface area (Å²) in [6, 6.07) is 2.51. The fourth-order valence-electron chi connectivity index (χ4n) is 1.82. The first-order valence-corrected chi connectivity index (χ1v) is 6.49. The van der Waals surface area contributed by atoms with Gasteiger partial charge >= 0.3 is 6.18 Å². The maximum atomic E-state index is 12.5. The van der Waals surface area contributed by atoms with Gasteiger partial charge in [0.05, 0.1) is 19.2 Å². The predicted octanol–water partition coefficient (Wildman–Crippen LogP) is 3.55. The molecule has 0 aliphatic carbocycles. The molecule has 0 saturated carbocycles. The summed E-state index contributed by atoms with van der Waals surface area (Å²) in [6.07, 6.45) is -3.30. The minimum Gasteiger partial charge on any atom is -0.493 e. The SMILES string of the molecule is C=CCN(CC(F)(F)F)C(=O)c1cc(Cl)c(OC)c(OC)c1. The standard InChI is InChI=1S/C14H15ClF3NO3/c1-4-5-19(8-14(16,17)18)13(20)9-6-10(15)12(22-3)11(7-9)21-2/h4,6-7H,1,5,8H2,2-3H3. The predicted molar refractivity (Wildman–Crippen MR) is 76.7 cm³/mol. The lowest BCUT2D eigenvalue weighted by Crippen LogP contribution is -2.39. The van der Waals surface area contributed by atoms with E-state index < -0.39 is 18.6 Å². The van der Waals surface area contributed by atoms with Crippen LogP contribution in [0, 0.1) is 0 Å². The summed E-state index contributed by atoms with van der Waals surface area (Å²) in [7, 11) is 2.69. The van der Waals surface area contributed by atoms with Crippen LogP contribution in [0.3, 0.4) is 0 Å². The van der Waals surface area contributed by atoms with Gasteiger partial charge in [-0.05, 0) is 12.1 Å². The number of nitrogens with zero attached hydrogens (tertiary/aromatic N) is 1. The third-order valence-electron chi connectivity index (χ3n) is 2.69. The molecule has 122 valence electrons. The van der Waals surface area contributed by atoms with Crippen molar-refractivity contribution in [2.45, 2.75) is 6.18 Å². The van der Waals surface area contributed by atoms with Gasteiger partial charge in [-0.25, -0.2) is 0 Å². The first kappa shape index (κ1) is 18.2. The molecule has 4 nitrogen and oxygen atoms in total. The van der Waals surface area contributed by atoms with Crippen molar-refractivity contribution < 1.29 is 27.4 Å². The fraction of sp³-hybridized carbons (Fsp3) is 0.357. The first-order valence-electron chi connectivity index (χ1n) is 6.12. The molecule has 0 heterocycles. The summed E-state index contributed by atoms with van der Waals surface area (Å²) >= 11 is 5.95. The average molecular weight is 338 g/mol. The Bertz CT molecular complexity index is 561. The highest BCUT2D eigenvalue weighted by molar-refractivity contribution is 6.32. The lowest BCUT2D eigenvalue weighted by molar-refractivity contribution is -0.139. The fourth-order valence-corrected chi connectivity index (χ4v) is 2.10. The Balaban J connectivity index is 3.18. The number of hydrogen-bond acceptors (Lipinski definition) is 3. The largest absolute Gasteiger partial charge is 0.493 e. The molecule has 0 aliphatic heterocycles. The van der Waals surface area contributed by atoms with E-state index in [0.717, 1.165) is 0 Å². The molecule has 1 rings (SSSR count). The van der Waals surface area contributed by atoms with E-state index in [1.807, 2.05) is 0 Å². The number of amides is 1. The Morgan fingerprint density at radius 1 is 1.36 bits per heavy atom. The molecule has 0 spiro atoms. The van der Waals surface area contributed by atoms with Crippen molar-refractivity contribution in [1.29, 1.82) is 0 Å². The molecule has 0 N–H and O–H groups in total. The lowest BCUT2D eigenvalue weighted by Gasteiger charge is -2.23. The van der Waals surface area contributed by atoms with E-state index >= 15 is 0 Å². The van der Waals surface area contributed by atoms with Crippen LogP contribution in [0.1, 0.15) is 10.4 Å². The molecule has 0 aromatic heterocycles. The van der Waals surface area contributed by atoms with Crippen LogP contribution in [-0.4, -0.2) is 44.3 Å². The molecule has 22 heavy (non-hydrogen) atoms. The summed E-state index contributed by atoms with van der Waals surface area (Å²) in [5, 5.41) is 0.0655. The van der Waals surface area contributed by atoms with Crippen LogP contribution in [0.5, 0.6) is 11.5 Å². The highest BCUT2D eigenvalue weighted by atomic mass is 35.5. The third kappa shape index (κ3) is 4.56. The van der Waals surface area contributed by atoms with Crippen LogP contribution in [0.4, 0.5) is 13.2 Å². The number of carbonyl (C=O) groups is 1. The van der Waals surface area contributed by atoms with E-state index in [1.54, 1.807) is 0 Å². The summed E-state index contributed by atoms with van der Waals surface area (Å²) in [5.74, 6) is -0.476. The minimum absolute atomic E-state index is 0.0336. The summed E-state index contributed by atoms with van der Waals surface area (Å²) in [6.45, 7) is 1.72. The van der Waals surface area contributed by atoms with Crippen LogP contribution < -0.4 is 9.47 Å². The van der Waals surface area contributed by atoms with E-state index in [0.29, 0.717) is 4.90 Å². The molecule has 1 aromatic rings. The van der Waals surface area contributed by atoms with Gasteiger partial charge in [0.2, 0.25) is 0 Å². The average Bonchev–Trinajstić information content (AvgIpc) is 2.43. The monoisotopic (exact) mass is 337 g/mol. The minimum atomic E-state index is -4.51. The number of rotatable bonds is 6. The van der Waals surface area contributed by atoms with Gasteiger partial charge in [0, 0.05) is 12.1 Å². The molecule has 8 heteroatoms. The van der Waals surface area contributed by atoms with Crippen LogP contribution >= 0.6 is 11.6 Å². The Morgan fingerprint density at radius 3 is 2.45 bits per heavy atom. The Kier molecular flexibility index (Phi) is 6.11. The zero-order valence-corrected chi connectivity index (χ0v) is 12.8. The normalized spacial score (nSPS) is 11.0. The van der Waals surface area contributed by atoms with Crippen molar-refractivity contribution in [3.63, 3.8) is 0 Å². The topological polar surface area (TPSA) is 38.8 Å². The molecule has 0 bridgehead atoms. The van der Waals surface area contributed by atoms with Gasteiger partial charge in [-0.2, -0.15) is 13.2 Å². The molecule has 0 saturated heterocycles. The van der Waals surface area contributed by atoms with Crippen molar-refractivity contribution in [1.82, 2.24) is 4.90 Å². The summed E-state index contributed by atoms with van der Waals surface area (Å²) in [5.41, 5.74) is -0.0336. The molecule has 0 atom stereocenters. The van der Waals surface area contributed by atoms with Crippen molar-refractivity contribution in [3.05, 3.63) is 35.4 Å². The molecular weight excluding hydrogens is 323 g/mol. The first-order chi connectivity index (χ1) is 10.2. The number of benzene rings is 1. The van der Waals surface area contributed by atoms with Gasteiger partial charge in [0.1, 0.15) is 6.54 Å². The Morgan fingerprint density at radius 2 is 2.00 bits per heavy atom. The number of halogens is 4. The molecule has 0 radical (unpaired) electrons. The number of hydrogen-bond donors (Lipinski definition) is 0. The van der Waals surface area contributed by atoms with Crippen molar-refractivity contribution in [2.24, 2.45) is 0 Å². The van der Waals surface area contributed by atoms with Gasteiger partial charge in [-0.1, -0.05) is 17.7 Å². The summed E-state index contributed by atoms with van der Waals surface area (Å²) in [4.78, 5) is 12.9. The molecule has 0 unspecified atom stereocenters. The van der Waals surface area contributed by atoms with Gasteiger partial charge in [-0.15, -0.1) is 6.58 Å². The number of ether oxygens (including phenoxy) is 2. The highest BCUT2D eigenvalue weighted by Gasteiger charge is 2.33. The smallest absolute Gasteiger partial charge is 0.406 e. The van der Waals surface area contributed by atoms with E-state index in [-0.39, 0.29) is 28.6 Å². The maximum Gasteiger partial charge on any atom is 0.406 e. The summed E-state index contributed by atoms with van der Waals surface area (Å²) < 4.78 is 47.7. The van der Waals surface area contributed by atoms with Crippen LogP contribution in [0.25, 0.3) is 0 Å². The zero-order valence-electron chi connectivity index (χ0n) is 12.0. The van der Waals surface area contributed by atoms with E-state index in [1.165, 1.54) is 32.4 Å². The number of alkyl halides is 3. The molecular formula is C14H15ClF3NO3. The second-order valence-electron chi connectivity index (χ2n) is 4.28. The van der Waals surface area contributed by atoms with E-state index in [9.17, 15) is 18.0 Å². The van der Waals surface area contributed by atoms with Gasteiger partial charge in [0.25, 0.3) is 5.91 Å². The van der Waals surface area contributed by atoms with Crippen molar-refractivity contribution in [3.8, 4) is 11.5 Å². The Hall–Kier alpha value is -1.89. The molecule has 0 aliphatic rings. The highest BCUT2D eigenvalue weighted by Crippen LogP contribution is 2.36. The van der Waals surface area contributed by atoms with E-state index in [2.05, 4.69) is 6.58 Å². The van der Waals surface area contributed by atoms with Gasteiger partial charge in [-0.3, -0.25) is 4.79 Å². The van der Waals surface area contributed by atoms with Crippen molar-refractivity contribution in [2.75, 3.05) is 27.3 Å². The van der Waals surface area contributed by atoms with Crippen LogP contribution in [-0.2, 0) is 0 Å². The number of carbonyl (C=O) groups excluding carboxylic acids is 1. The van der Waals surface area contributed by atoms with Crippen molar-refractivity contribution >= 4 is 17.5 Å². The van der Waals surface area contributed by atoms with E-state index in [4.69, 9.17) is 21.1 Å². The molecule has 1 aromatic carbocycles. The lowest BCUT2D eigenvalue weighted by atomic mass is 10.1. The second-order valence-corrected chi connectivity index (χ2v) is 4.69. The van der Waals surface area contributed by atoms with Gasteiger partial charge < -0.3 is 14.4 Å². The zero-order chi connectivity index (χ0) is 16.9. The third-order valence-corrected chi connectivity index (χ3v) is 2.97. The maximum absolute atomic E-state index is 12.5. The molecule has 0 fully saturated rings. The Labute approximate surface area is 131 Å².